The van der Waals surface area contributed by atoms with E-state index in [0.29, 0.717) is 39.4 Å². The van der Waals surface area contributed by atoms with Crippen LogP contribution in [0.2, 0.25) is 0 Å². The molecule has 0 spiro atoms. The lowest BCUT2D eigenvalue weighted by Crippen LogP contribution is -2.32. The van der Waals surface area contributed by atoms with Gasteiger partial charge in [0.2, 0.25) is 0 Å². The summed E-state index contributed by atoms with van der Waals surface area (Å²) in [7, 11) is 0. The fraction of sp³-hybridized carbons (Fsp3) is 0.417. The average molecular weight is 824 g/mol. The van der Waals surface area contributed by atoms with Crippen molar-refractivity contribution < 1.29 is 49.4 Å². The molecule has 0 saturated heterocycles. The number of alkyl halides is 8. The Labute approximate surface area is 294 Å². The Hall–Kier alpha value is -2.93. The third kappa shape index (κ3) is 9.25. The maximum Gasteiger partial charge on any atom is 0.391 e. The smallest absolute Gasteiger partial charge is 0.391 e. The van der Waals surface area contributed by atoms with Gasteiger partial charge in [-0.15, -0.1) is 0 Å². The number of fused-ring (bicyclic) bond motifs is 2. The number of hydrogen-bond donors (Lipinski definition) is 0. The van der Waals surface area contributed by atoms with Gasteiger partial charge in [0.05, 0.1) is 35.2 Å². The van der Waals surface area contributed by atoms with Crippen LogP contribution in [-0.4, -0.2) is 30.8 Å². The van der Waals surface area contributed by atoms with E-state index < -0.39 is 36.7 Å². The fourth-order valence-corrected chi connectivity index (χ4v) is 7.24. The lowest BCUT2D eigenvalue weighted by Gasteiger charge is -2.30. The number of carbonyl (C=O) groups excluding carboxylic acids is 1. The van der Waals surface area contributed by atoms with Crippen molar-refractivity contribution in [1.82, 2.24) is 0 Å². The summed E-state index contributed by atoms with van der Waals surface area (Å²) in [5.74, 6) is -2.08. The zero-order chi connectivity index (χ0) is 35.5. The summed E-state index contributed by atoms with van der Waals surface area (Å²) in [4.78, 5) is 11.5. The van der Waals surface area contributed by atoms with Gasteiger partial charge in [-0.2, -0.15) is 26.3 Å². The van der Waals surface area contributed by atoms with Crippen molar-refractivity contribution in [3.8, 4) is 11.5 Å². The minimum atomic E-state index is -4.20. The quantitative estimate of drug-likeness (QED) is 0.144. The van der Waals surface area contributed by atoms with Crippen LogP contribution in [-0.2, 0) is 0 Å². The lowest BCUT2D eigenvalue weighted by molar-refractivity contribution is -0.186. The molecule has 0 amide bonds. The topological polar surface area (TPSA) is 35.5 Å². The minimum absolute atomic E-state index is 0.0304. The third-order valence-electron chi connectivity index (χ3n) is 9.17. The molecule has 0 aliphatic heterocycles. The summed E-state index contributed by atoms with van der Waals surface area (Å²) < 4.78 is 117. The van der Waals surface area contributed by atoms with Crippen LogP contribution in [0.1, 0.15) is 73.7 Å². The molecule has 49 heavy (non-hydrogen) atoms. The first-order valence-corrected chi connectivity index (χ1v) is 17.4. The molecule has 2 aliphatic rings. The molecule has 0 bridgehead atoms. The standard InChI is InChI=1S/C18H16BrF5O.C18H16BrF3O2/c19-12-5-1-10-2-8-15(16(17(20)21)14(10)9-12)25-13-6-3-11(4-7-13)18(22,23)24;19-13-5-1-11-2-8-17(16(10-23)15(11)9-13)24-14-6-3-12(4-7-14)18(20,21)22/h1-2,5,8-9,11,13,17H,3-4,6-7H2;1-2,5,8-10,12,14H,3-4,6-7H2. The Morgan fingerprint density at radius 1 is 0.612 bits per heavy atom. The molecule has 4 aromatic carbocycles. The van der Waals surface area contributed by atoms with Crippen LogP contribution in [0, 0.1) is 11.8 Å². The van der Waals surface area contributed by atoms with Gasteiger partial charge in [0.25, 0.3) is 6.43 Å². The van der Waals surface area contributed by atoms with Gasteiger partial charge in [0.1, 0.15) is 11.5 Å². The van der Waals surface area contributed by atoms with Gasteiger partial charge in [-0.25, -0.2) is 8.78 Å². The normalized spacial score (nSPS) is 21.7. The van der Waals surface area contributed by atoms with Crippen LogP contribution >= 0.6 is 31.9 Å². The molecule has 264 valence electrons. The van der Waals surface area contributed by atoms with Crippen LogP contribution < -0.4 is 9.47 Å². The monoisotopic (exact) mass is 822 g/mol. The highest BCUT2D eigenvalue weighted by Gasteiger charge is 2.43. The molecule has 0 atom stereocenters. The van der Waals surface area contributed by atoms with Crippen molar-refractivity contribution >= 4 is 59.7 Å². The number of aldehydes is 1. The Morgan fingerprint density at radius 2 is 1.02 bits per heavy atom. The van der Waals surface area contributed by atoms with Crippen molar-refractivity contribution in [2.75, 3.05) is 0 Å². The Balaban J connectivity index is 0.000000191. The average Bonchev–Trinajstić information content (AvgIpc) is 3.04. The van der Waals surface area contributed by atoms with Crippen molar-refractivity contribution in [2.24, 2.45) is 11.8 Å². The van der Waals surface area contributed by atoms with E-state index in [2.05, 4.69) is 31.9 Å². The molecule has 0 N–H and O–H groups in total. The van der Waals surface area contributed by atoms with E-state index >= 15 is 0 Å². The summed E-state index contributed by atoms with van der Waals surface area (Å²) in [5, 5.41) is 2.71. The molecule has 4 aromatic rings. The zero-order valence-corrected chi connectivity index (χ0v) is 29.1. The van der Waals surface area contributed by atoms with Gasteiger partial charge >= 0.3 is 12.4 Å². The maximum atomic E-state index is 13.6. The van der Waals surface area contributed by atoms with E-state index in [9.17, 15) is 39.9 Å². The summed E-state index contributed by atoms with van der Waals surface area (Å²) >= 11 is 6.65. The molecule has 0 unspecified atom stereocenters. The Morgan fingerprint density at radius 3 is 1.47 bits per heavy atom. The lowest BCUT2D eigenvalue weighted by atomic mass is 9.87. The molecule has 6 rings (SSSR count). The van der Waals surface area contributed by atoms with E-state index in [0.717, 1.165) is 21.5 Å². The molecule has 0 radical (unpaired) electrons. The zero-order valence-electron chi connectivity index (χ0n) is 25.9. The van der Waals surface area contributed by atoms with Gasteiger partial charge in [0, 0.05) is 8.95 Å². The van der Waals surface area contributed by atoms with Gasteiger partial charge in [0.15, 0.2) is 6.29 Å². The van der Waals surface area contributed by atoms with Gasteiger partial charge in [-0.1, -0.05) is 56.1 Å². The molecule has 0 heterocycles. The largest absolute Gasteiger partial charge is 0.490 e. The molecule has 0 aromatic heterocycles. The molecular weight excluding hydrogens is 792 g/mol. The molecule has 2 saturated carbocycles. The van der Waals surface area contributed by atoms with Gasteiger partial charge in [-0.05, 0) is 109 Å². The molecule has 3 nitrogen and oxygen atoms in total. The first-order valence-electron chi connectivity index (χ1n) is 15.8. The molecule has 2 fully saturated rings. The number of benzene rings is 4. The highest BCUT2D eigenvalue weighted by Crippen LogP contribution is 2.42. The SMILES string of the molecule is FC(F)c1c(OC2CCC(C(F)(F)F)CC2)ccc2ccc(Br)cc12.O=Cc1c(OC2CCC(C(F)(F)F)CC2)ccc2ccc(Br)cc12. The number of rotatable bonds is 6. The fourth-order valence-electron chi connectivity index (χ4n) is 6.52. The number of hydrogen-bond acceptors (Lipinski definition) is 3. The van der Waals surface area contributed by atoms with E-state index in [4.69, 9.17) is 9.47 Å². The van der Waals surface area contributed by atoms with Crippen molar-refractivity contribution in [1.29, 1.82) is 0 Å². The van der Waals surface area contributed by atoms with Gasteiger partial charge < -0.3 is 9.47 Å². The third-order valence-corrected chi connectivity index (χ3v) is 10.2. The predicted molar refractivity (Wildman–Crippen MR) is 178 cm³/mol. The highest BCUT2D eigenvalue weighted by molar-refractivity contribution is 9.10. The van der Waals surface area contributed by atoms with E-state index in [-0.39, 0.29) is 55.9 Å². The molecular formula is C36H32Br2F8O3. The summed E-state index contributed by atoms with van der Waals surface area (Å²) in [6.07, 6.45) is -9.88. The Bertz CT molecular complexity index is 1760. The maximum absolute atomic E-state index is 13.6. The summed E-state index contributed by atoms with van der Waals surface area (Å²) in [6.45, 7) is 0. The van der Waals surface area contributed by atoms with Crippen LogP contribution in [0.5, 0.6) is 11.5 Å². The Kier molecular flexibility index (Phi) is 11.8. The summed E-state index contributed by atoms with van der Waals surface area (Å²) in [6, 6.07) is 17.4. The highest BCUT2D eigenvalue weighted by atomic mass is 79.9. The van der Waals surface area contributed by atoms with Crippen LogP contribution in [0.4, 0.5) is 35.1 Å². The first-order chi connectivity index (χ1) is 23.1. The van der Waals surface area contributed by atoms with E-state index in [1.807, 2.05) is 24.3 Å². The number of ether oxygens (including phenoxy) is 2. The van der Waals surface area contributed by atoms with Crippen molar-refractivity contribution in [3.05, 3.63) is 80.7 Å². The number of halogens is 10. The second kappa shape index (κ2) is 15.5. The van der Waals surface area contributed by atoms with Crippen LogP contribution in [0.25, 0.3) is 21.5 Å². The summed E-state index contributed by atoms with van der Waals surface area (Å²) in [5.41, 5.74) is 0.225. The molecule has 2 aliphatic carbocycles. The van der Waals surface area contributed by atoms with E-state index in [1.54, 1.807) is 30.3 Å². The van der Waals surface area contributed by atoms with E-state index in [1.165, 1.54) is 6.07 Å². The second-order valence-electron chi connectivity index (χ2n) is 12.4. The van der Waals surface area contributed by atoms with Gasteiger partial charge in [-0.3, -0.25) is 4.79 Å². The van der Waals surface area contributed by atoms with Crippen LogP contribution in [0.15, 0.2) is 69.6 Å². The molecule has 13 heteroatoms. The number of carbonyl (C=O) groups is 1. The van der Waals surface area contributed by atoms with Crippen molar-refractivity contribution in [3.63, 3.8) is 0 Å². The predicted octanol–water partition coefficient (Wildman–Crippen LogP) is 13.0. The minimum Gasteiger partial charge on any atom is -0.490 e. The second-order valence-corrected chi connectivity index (χ2v) is 14.2. The van der Waals surface area contributed by atoms with Crippen LogP contribution in [0.3, 0.4) is 0 Å². The van der Waals surface area contributed by atoms with Crippen molar-refractivity contribution in [2.45, 2.75) is 82.4 Å². The first kappa shape index (κ1) is 37.3.